The van der Waals surface area contributed by atoms with Gasteiger partial charge in [0.2, 0.25) is 5.91 Å². The van der Waals surface area contributed by atoms with Crippen molar-refractivity contribution in [1.29, 1.82) is 0 Å². The Morgan fingerprint density at radius 2 is 1.78 bits per heavy atom. The summed E-state index contributed by atoms with van der Waals surface area (Å²) >= 11 is 3.44. The molecular weight excluding hydrogens is 352 g/mol. The number of amides is 1. The number of carbonyl (C=O) groups is 1. The Kier molecular flexibility index (Phi) is 6.81. The van der Waals surface area contributed by atoms with Gasteiger partial charge in [-0.3, -0.25) is 4.79 Å². The summed E-state index contributed by atoms with van der Waals surface area (Å²) < 4.78 is 1.08. The topological polar surface area (TPSA) is 32.3 Å². The molecule has 1 amide bonds. The molecule has 2 rings (SSSR count). The van der Waals surface area contributed by atoms with Gasteiger partial charge in [0.15, 0.2) is 0 Å². The van der Waals surface area contributed by atoms with Crippen LogP contribution in [-0.4, -0.2) is 24.4 Å². The predicted octanol–water partition coefficient (Wildman–Crippen LogP) is 4.15. The third-order valence-electron chi connectivity index (χ3n) is 3.76. The van der Waals surface area contributed by atoms with E-state index in [1.165, 1.54) is 5.56 Å². The number of hydrogen-bond donors (Lipinski definition) is 1. The summed E-state index contributed by atoms with van der Waals surface area (Å²) in [6, 6.07) is 18.3. The average molecular weight is 375 g/mol. The zero-order valence-electron chi connectivity index (χ0n) is 13.6. The van der Waals surface area contributed by atoms with Crippen LogP contribution in [0.15, 0.2) is 59.1 Å². The first-order chi connectivity index (χ1) is 11.0. The van der Waals surface area contributed by atoms with Crippen molar-refractivity contribution in [3.05, 3.63) is 70.2 Å². The van der Waals surface area contributed by atoms with Gasteiger partial charge >= 0.3 is 0 Å². The normalized spacial score (nSPS) is 12.2. The Morgan fingerprint density at radius 3 is 2.43 bits per heavy atom. The van der Waals surface area contributed by atoms with Gasteiger partial charge in [-0.15, -0.1) is 0 Å². The number of nitrogens with one attached hydrogen (secondary N) is 1. The first kappa shape index (κ1) is 17.7. The monoisotopic (exact) mass is 374 g/mol. The lowest BCUT2D eigenvalue weighted by Gasteiger charge is -2.18. The van der Waals surface area contributed by atoms with Gasteiger partial charge in [0.1, 0.15) is 0 Å². The van der Waals surface area contributed by atoms with E-state index < -0.39 is 0 Å². The summed E-state index contributed by atoms with van der Waals surface area (Å²) in [5.41, 5.74) is 2.37. The van der Waals surface area contributed by atoms with Crippen LogP contribution in [0.4, 0.5) is 0 Å². The highest BCUT2D eigenvalue weighted by atomic mass is 79.9. The molecule has 3 nitrogen and oxygen atoms in total. The molecule has 0 heterocycles. The summed E-state index contributed by atoms with van der Waals surface area (Å²) in [4.78, 5) is 14.2. The van der Waals surface area contributed by atoms with Crippen molar-refractivity contribution in [2.75, 3.05) is 13.6 Å². The summed E-state index contributed by atoms with van der Waals surface area (Å²) in [7, 11) is 2.04. The van der Waals surface area contributed by atoms with Crippen molar-refractivity contribution < 1.29 is 4.79 Å². The lowest BCUT2D eigenvalue weighted by atomic mass is 10.1. The maximum Gasteiger partial charge on any atom is 0.221 e. The lowest BCUT2D eigenvalue weighted by molar-refractivity contribution is -0.122. The van der Waals surface area contributed by atoms with Gasteiger partial charge in [0.25, 0.3) is 0 Å². The van der Waals surface area contributed by atoms with E-state index in [1.54, 1.807) is 0 Å². The SMILES string of the molecule is CC(NC(=O)CCN(C)Cc1ccc(Br)cc1)c1ccccc1. The van der Waals surface area contributed by atoms with Crippen LogP contribution in [0.1, 0.15) is 30.5 Å². The molecule has 2 aromatic rings. The fourth-order valence-corrected chi connectivity index (χ4v) is 2.68. The van der Waals surface area contributed by atoms with Crippen LogP contribution in [0.2, 0.25) is 0 Å². The van der Waals surface area contributed by atoms with E-state index in [0.29, 0.717) is 6.42 Å². The molecule has 0 saturated carbocycles. The van der Waals surface area contributed by atoms with Crippen molar-refractivity contribution in [3.63, 3.8) is 0 Å². The van der Waals surface area contributed by atoms with E-state index in [9.17, 15) is 4.79 Å². The Bertz CT molecular complexity index is 613. The van der Waals surface area contributed by atoms with Gasteiger partial charge < -0.3 is 10.2 Å². The van der Waals surface area contributed by atoms with Gasteiger partial charge in [-0.2, -0.15) is 0 Å². The third kappa shape index (κ3) is 6.16. The second-order valence-electron chi connectivity index (χ2n) is 5.81. The largest absolute Gasteiger partial charge is 0.350 e. The summed E-state index contributed by atoms with van der Waals surface area (Å²) in [6.07, 6.45) is 0.504. The van der Waals surface area contributed by atoms with Crippen LogP contribution in [0.3, 0.4) is 0 Å². The quantitative estimate of drug-likeness (QED) is 0.789. The molecule has 0 saturated heterocycles. The van der Waals surface area contributed by atoms with Crippen LogP contribution in [0.25, 0.3) is 0 Å². The highest BCUT2D eigenvalue weighted by Gasteiger charge is 2.10. The van der Waals surface area contributed by atoms with E-state index in [2.05, 4.69) is 38.3 Å². The zero-order chi connectivity index (χ0) is 16.7. The number of hydrogen-bond acceptors (Lipinski definition) is 2. The molecule has 1 unspecified atom stereocenters. The second-order valence-corrected chi connectivity index (χ2v) is 6.73. The molecular formula is C19H23BrN2O. The van der Waals surface area contributed by atoms with Gasteiger partial charge in [-0.05, 0) is 37.2 Å². The maximum absolute atomic E-state index is 12.1. The van der Waals surface area contributed by atoms with E-state index in [4.69, 9.17) is 0 Å². The van der Waals surface area contributed by atoms with E-state index >= 15 is 0 Å². The fourth-order valence-electron chi connectivity index (χ4n) is 2.41. The summed E-state index contributed by atoms with van der Waals surface area (Å²) in [6.45, 7) is 3.59. The Hall–Kier alpha value is -1.65. The Morgan fingerprint density at radius 1 is 1.13 bits per heavy atom. The van der Waals surface area contributed by atoms with Crippen molar-refractivity contribution in [2.45, 2.75) is 25.9 Å². The van der Waals surface area contributed by atoms with Gasteiger partial charge in [-0.25, -0.2) is 0 Å². The van der Waals surface area contributed by atoms with Gasteiger partial charge in [0.05, 0.1) is 6.04 Å². The molecule has 0 radical (unpaired) electrons. The molecule has 0 aliphatic rings. The minimum absolute atomic E-state index is 0.0421. The van der Waals surface area contributed by atoms with Gasteiger partial charge in [-0.1, -0.05) is 58.4 Å². The molecule has 0 spiro atoms. The molecule has 1 atom stereocenters. The number of carbonyl (C=O) groups excluding carboxylic acids is 1. The molecule has 0 aromatic heterocycles. The second kappa shape index (κ2) is 8.85. The van der Waals surface area contributed by atoms with Crippen LogP contribution < -0.4 is 5.32 Å². The lowest BCUT2D eigenvalue weighted by Crippen LogP contribution is -2.30. The molecule has 23 heavy (non-hydrogen) atoms. The standard InChI is InChI=1S/C19H23BrN2O/c1-15(17-6-4-3-5-7-17)21-19(23)12-13-22(2)14-16-8-10-18(20)11-9-16/h3-11,15H,12-14H2,1-2H3,(H,21,23). The predicted molar refractivity (Wildman–Crippen MR) is 98.1 cm³/mol. The van der Waals surface area contributed by atoms with Crippen LogP contribution in [0, 0.1) is 0 Å². The Balaban J connectivity index is 1.74. The van der Waals surface area contributed by atoms with Crippen LogP contribution in [0.5, 0.6) is 0 Å². The number of halogens is 1. The highest BCUT2D eigenvalue weighted by Crippen LogP contribution is 2.13. The fraction of sp³-hybridized carbons (Fsp3) is 0.316. The molecule has 0 bridgehead atoms. The van der Waals surface area contributed by atoms with E-state index in [0.717, 1.165) is 23.1 Å². The third-order valence-corrected chi connectivity index (χ3v) is 4.29. The first-order valence-electron chi connectivity index (χ1n) is 7.82. The smallest absolute Gasteiger partial charge is 0.221 e. The number of benzene rings is 2. The minimum atomic E-state index is 0.0421. The molecule has 1 N–H and O–H groups in total. The summed E-state index contributed by atoms with van der Waals surface area (Å²) in [5, 5.41) is 3.05. The molecule has 2 aromatic carbocycles. The van der Waals surface area contributed by atoms with Crippen LogP contribution >= 0.6 is 15.9 Å². The maximum atomic E-state index is 12.1. The van der Waals surface area contributed by atoms with Crippen molar-refractivity contribution in [3.8, 4) is 0 Å². The Labute approximate surface area is 146 Å². The van der Waals surface area contributed by atoms with Crippen molar-refractivity contribution >= 4 is 21.8 Å². The van der Waals surface area contributed by atoms with E-state index in [-0.39, 0.29) is 11.9 Å². The van der Waals surface area contributed by atoms with Crippen molar-refractivity contribution in [2.24, 2.45) is 0 Å². The minimum Gasteiger partial charge on any atom is -0.350 e. The van der Waals surface area contributed by atoms with E-state index in [1.807, 2.05) is 56.4 Å². The first-order valence-corrected chi connectivity index (χ1v) is 8.61. The summed E-state index contributed by atoms with van der Waals surface area (Å²) in [5.74, 6) is 0.0870. The number of rotatable bonds is 7. The molecule has 0 aliphatic heterocycles. The highest BCUT2D eigenvalue weighted by molar-refractivity contribution is 9.10. The van der Waals surface area contributed by atoms with Crippen LogP contribution in [-0.2, 0) is 11.3 Å². The molecule has 0 aliphatic carbocycles. The average Bonchev–Trinajstić information content (AvgIpc) is 2.56. The van der Waals surface area contributed by atoms with Crippen molar-refractivity contribution in [1.82, 2.24) is 10.2 Å². The molecule has 4 heteroatoms. The molecule has 0 fully saturated rings. The molecule has 122 valence electrons. The van der Waals surface area contributed by atoms with Gasteiger partial charge in [0, 0.05) is 24.0 Å². The number of nitrogens with zero attached hydrogens (tertiary/aromatic N) is 1. The zero-order valence-corrected chi connectivity index (χ0v) is 15.2.